The zero-order valence-electron chi connectivity index (χ0n) is 18.4. The number of carbonyl (C=O) groups excluding carboxylic acids is 3. The van der Waals surface area contributed by atoms with Crippen LogP contribution in [0.15, 0.2) is 66.7 Å². The Balaban J connectivity index is 1.40. The van der Waals surface area contributed by atoms with Gasteiger partial charge in [0.1, 0.15) is 24.0 Å². The van der Waals surface area contributed by atoms with Crippen LogP contribution in [0.2, 0.25) is 0 Å². The van der Waals surface area contributed by atoms with Crippen LogP contribution in [0.4, 0.5) is 10.5 Å². The minimum atomic E-state index is -1.22. The molecule has 1 saturated heterocycles. The zero-order chi connectivity index (χ0) is 23.6. The number of hydrogen-bond donors (Lipinski definition) is 3. The Morgan fingerprint density at radius 2 is 1.79 bits per heavy atom. The lowest BCUT2D eigenvalue weighted by Crippen LogP contribution is -2.42. The summed E-state index contributed by atoms with van der Waals surface area (Å²) in [6, 6.07) is 19.5. The van der Waals surface area contributed by atoms with E-state index in [1.54, 1.807) is 31.2 Å². The molecule has 0 radical (unpaired) electrons. The molecule has 1 aliphatic rings. The van der Waals surface area contributed by atoms with E-state index >= 15 is 0 Å². The maximum atomic E-state index is 13.2. The molecule has 170 valence electrons. The zero-order valence-corrected chi connectivity index (χ0v) is 18.4. The monoisotopic (exact) mass is 447 g/mol. The lowest BCUT2D eigenvalue weighted by Gasteiger charge is -2.23. The van der Waals surface area contributed by atoms with Crippen LogP contribution in [0.25, 0.3) is 10.8 Å². The molecule has 4 rings (SSSR count). The number of urea groups is 1. The van der Waals surface area contributed by atoms with Crippen molar-refractivity contribution in [3.05, 3.63) is 72.3 Å². The summed E-state index contributed by atoms with van der Waals surface area (Å²) in [5.74, 6) is -0.119. The first-order chi connectivity index (χ1) is 15.8. The Morgan fingerprint density at radius 1 is 1.09 bits per heavy atom. The standard InChI is InChI=1S/C25H25N3O5/c1-16(29)26-20-9-11-22(12-10-20)33-15-21(30)14-28-23(31)25(2,27-24(28)32)19-8-7-17-5-3-4-6-18(17)13-19/h3-13,21,30H,14-15H2,1-2H3,(H,26,29)(H,27,32). The van der Waals surface area contributed by atoms with Gasteiger partial charge in [-0.15, -0.1) is 0 Å². The number of fused-ring (bicyclic) bond motifs is 1. The van der Waals surface area contributed by atoms with E-state index in [2.05, 4.69) is 10.6 Å². The minimum absolute atomic E-state index is 0.108. The molecule has 0 saturated carbocycles. The van der Waals surface area contributed by atoms with E-state index in [0.717, 1.165) is 15.7 Å². The van der Waals surface area contributed by atoms with Crippen molar-refractivity contribution in [2.24, 2.45) is 0 Å². The van der Waals surface area contributed by atoms with E-state index in [4.69, 9.17) is 4.74 Å². The fourth-order valence-corrected chi connectivity index (χ4v) is 3.85. The van der Waals surface area contributed by atoms with Gasteiger partial charge in [0.25, 0.3) is 5.91 Å². The van der Waals surface area contributed by atoms with Crippen molar-refractivity contribution < 1.29 is 24.2 Å². The average Bonchev–Trinajstić information content (AvgIpc) is 3.01. The highest BCUT2D eigenvalue weighted by molar-refractivity contribution is 6.07. The van der Waals surface area contributed by atoms with Crippen molar-refractivity contribution in [2.45, 2.75) is 25.5 Å². The number of rotatable bonds is 7. The fourth-order valence-electron chi connectivity index (χ4n) is 3.85. The summed E-state index contributed by atoms with van der Waals surface area (Å²) in [5.41, 5.74) is 0.0797. The highest BCUT2D eigenvalue weighted by atomic mass is 16.5. The second-order valence-electron chi connectivity index (χ2n) is 8.20. The van der Waals surface area contributed by atoms with Gasteiger partial charge in [0.2, 0.25) is 5.91 Å². The number of ether oxygens (including phenoxy) is 1. The van der Waals surface area contributed by atoms with Gasteiger partial charge >= 0.3 is 6.03 Å². The summed E-state index contributed by atoms with van der Waals surface area (Å²) in [7, 11) is 0. The van der Waals surface area contributed by atoms with Crippen LogP contribution >= 0.6 is 0 Å². The van der Waals surface area contributed by atoms with Crippen molar-refractivity contribution in [3.8, 4) is 5.75 Å². The van der Waals surface area contributed by atoms with Gasteiger partial charge in [-0.05, 0) is 53.6 Å². The molecular weight excluding hydrogens is 422 g/mol. The number of β-amino-alcohol motifs (C(OH)–C–C–N with tert-alkyl or cyclic N) is 1. The normalized spacial score (nSPS) is 18.8. The molecule has 1 heterocycles. The number of anilines is 1. The smallest absolute Gasteiger partial charge is 0.325 e. The largest absolute Gasteiger partial charge is 0.491 e. The van der Waals surface area contributed by atoms with Crippen molar-refractivity contribution in [3.63, 3.8) is 0 Å². The lowest BCUT2D eigenvalue weighted by atomic mass is 9.90. The first-order valence-corrected chi connectivity index (χ1v) is 10.6. The molecule has 2 atom stereocenters. The molecule has 8 nitrogen and oxygen atoms in total. The Labute approximate surface area is 191 Å². The summed E-state index contributed by atoms with van der Waals surface area (Å²) in [5, 5.41) is 17.8. The van der Waals surface area contributed by atoms with Gasteiger partial charge in [-0.1, -0.05) is 36.4 Å². The summed E-state index contributed by atoms with van der Waals surface area (Å²) in [4.78, 5) is 37.8. The Hall–Kier alpha value is -3.91. The molecule has 0 bridgehead atoms. The van der Waals surface area contributed by atoms with E-state index in [-0.39, 0.29) is 19.1 Å². The Kier molecular flexibility index (Phi) is 6.02. The molecule has 33 heavy (non-hydrogen) atoms. The first kappa shape index (κ1) is 22.3. The van der Waals surface area contributed by atoms with Gasteiger partial charge in [0, 0.05) is 12.6 Å². The molecule has 0 spiro atoms. The predicted octanol–water partition coefficient (Wildman–Crippen LogP) is 3.01. The van der Waals surface area contributed by atoms with Gasteiger partial charge in [-0.2, -0.15) is 0 Å². The summed E-state index contributed by atoms with van der Waals surface area (Å²) < 4.78 is 5.56. The lowest BCUT2D eigenvalue weighted by molar-refractivity contribution is -0.132. The SMILES string of the molecule is CC(=O)Nc1ccc(OCC(O)CN2C(=O)NC(C)(c3ccc4ccccc4c3)C2=O)cc1. The number of amides is 4. The quantitative estimate of drug-likeness (QED) is 0.483. The predicted molar refractivity (Wildman–Crippen MR) is 124 cm³/mol. The number of aliphatic hydroxyl groups excluding tert-OH is 1. The average molecular weight is 447 g/mol. The van der Waals surface area contributed by atoms with Crippen molar-refractivity contribution >= 4 is 34.3 Å². The number of aliphatic hydroxyl groups is 1. The molecule has 0 aliphatic carbocycles. The third-order valence-corrected chi connectivity index (χ3v) is 5.61. The molecule has 1 fully saturated rings. The van der Waals surface area contributed by atoms with E-state index < -0.39 is 23.6 Å². The molecule has 0 aromatic heterocycles. The van der Waals surface area contributed by atoms with Crippen molar-refractivity contribution in [2.75, 3.05) is 18.5 Å². The van der Waals surface area contributed by atoms with Crippen LogP contribution in [0, 0.1) is 0 Å². The second-order valence-corrected chi connectivity index (χ2v) is 8.20. The molecule has 1 aliphatic heterocycles. The maximum absolute atomic E-state index is 13.2. The number of hydrogen-bond acceptors (Lipinski definition) is 5. The van der Waals surface area contributed by atoms with Crippen LogP contribution in [0.5, 0.6) is 5.75 Å². The topological polar surface area (TPSA) is 108 Å². The van der Waals surface area contributed by atoms with E-state index in [9.17, 15) is 19.5 Å². The summed E-state index contributed by atoms with van der Waals surface area (Å²) in [6.45, 7) is 2.78. The van der Waals surface area contributed by atoms with E-state index in [1.807, 2.05) is 42.5 Å². The van der Waals surface area contributed by atoms with Gasteiger partial charge in [0.15, 0.2) is 0 Å². The number of benzene rings is 3. The molecule has 3 aromatic rings. The number of nitrogens with one attached hydrogen (secondary N) is 2. The molecule has 4 amide bonds. The van der Waals surface area contributed by atoms with Crippen LogP contribution in [0.3, 0.4) is 0 Å². The van der Waals surface area contributed by atoms with Gasteiger partial charge < -0.3 is 20.5 Å². The third kappa shape index (κ3) is 4.65. The van der Waals surface area contributed by atoms with Crippen LogP contribution in [-0.4, -0.2) is 47.1 Å². The molecule has 3 N–H and O–H groups in total. The molecule has 3 aromatic carbocycles. The number of imide groups is 1. The Bertz CT molecular complexity index is 1210. The van der Waals surface area contributed by atoms with Crippen LogP contribution < -0.4 is 15.4 Å². The minimum Gasteiger partial charge on any atom is -0.491 e. The third-order valence-electron chi connectivity index (χ3n) is 5.61. The maximum Gasteiger partial charge on any atom is 0.325 e. The number of carbonyl (C=O) groups is 3. The van der Waals surface area contributed by atoms with Crippen LogP contribution in [0.1, 0.15) is 19.4 Å². The van der Waals surface area contributed by atoms with Gasteiger partial charge in [0.05, 0.1) is 6.54 Å². The van der Waals surface area contributed by atoms with E-state index in [0.29, 0.717) is 17.0 Å². The molecule has 8 heteroatoms. The summed E-state index contributed by atoms with van der Waals surface area (Å²) >= 11 is 0. The second kappa shape index (κ2) is 8.91. The van der Waals surface area contributed by atoms with Crippen LogP contribution in [-0.2, 0) is 15.1 Å². The Morgan fingerprint density at radius 3 is 2.48 bits per heavy atom. The van der Waals surface area contributed by atoms with Gasteiger partial charge in [-0.3, -0.25) is 14.5 Å². The first-order valence-electron chi connectivity index (χ1n) is 10.6. The van der Waals surface area contributed by atoms with E-state index in [1.165, 1.54) is 6.92 Å². The summed E-state index contributed by atoms with van der Waals surface area (Å²) in [6.07, 6.45) is -1.08. The highest BCUT2D eigenvalue weighted by Crippen LogP contribution is 2.31. The fraction of sp³-hybridized carbons (Fsp3) is 0.240. The highest BCUT2D eigenvalue weighted by Gasteiger charge is 2.49. The molecule has 2 unspecified atom stereocenters. The van der Waals surface area contributed by atoms with Gasteiger partial charge in [-0.25, -0.2) is 4.79 Å². The van der Waals surface area contributed by atoms with Crippen molar-refractivity contribution in [1.82, 2.24) is 10.2 Å². The number of nitrogens with zero attached hydrogens (tertiary/aromatic N) is 1. The van der Waals surface area contributed by atoms with Crippen molar-refractivity contribution in [1.29, 1.82) is 0 Å². The molecular formula is C25H25N3O5.